The summed E-state index contributed by atoms with van der Waals surface area (Å²) in [5.41, 5.74) is 1.76. The van der Waals surface area contributed by atoms with Crippen molar-refractivity contribution in [1.82, 2.24) is 4.72 Å². The Morgan fingerprint density at radius 1 is 1.35 bits per heavy atom. The lowest BCUT2D eigenvalue weighted by Crippen LogP contribution is -2.39. The van der Waals surface area contributed by atoms with Gasteiger partial charge in [0, 0.05) is 10.6 Å². The van der Waals surface area contributed by atoms with Crippen molar-refractivity contribution in [1.29, 1.82) is 0 Å². The second-order valence-corrected chi connectivity index (χ2v) is 6.49. The molecule has 2 nitrogen and oxygen atoms in total. The Hall–Kier alpha value is -0.380. The predicted octanol–water partition coefficient (Wildman–Crippen LogP) is 3.76. The zero-order valence-corrected chi connectivity index (χ0v) is 12.6. The van der Waals surface area contributed by atoms with E-state index in [0.717, 1.165) is 22.4 Å². The number of aryl methyl sites for hydroxylation is 1. The first-order valence-electron chi connectivity index (χ1n) is 5.74. The van der Waals surface area contributed by atoms with E-state index in [1.165, 1.54) is 0 Å². The van der Waals surface area contributed by atoms with Crippen molar-refractivity contribution in [2.45, 2.75) is 51.5 Å². The monoisotopic (exact) mass is 273 g/mol. The first-order chi connectivity index (χ1) is 7.78. The molecule has 0 fully saturated rings. The van der Waals surface area contributed by atoms with Crippen molar-refractivity contribution < 1.29 is 4.21 Å². The van der Waals surface area contributed by atoms with E-state index >= 15 is 0 Å². The summed E-state index contributed by atoms with van der Waals surface area (Å²) >= 11 is 6.17. The lowest BCUT2D eigenvalue weighted by atomic mass is 10.0. The molecule has 1 atom stereocenters. The number of halogens is 1. The molecule has 0 aliphatic heterocycles. The van der Waals surface area contributed by atoms with Crippen LogP contribution in [-0.2, 0) is 11.0 Å². The Balaban J connectivity index is 3.02. The Labute approximate surface area is 111 Å². The topological polar surface area (TPSA) is 29.1 Å². The molecule has 1 aromatic carbocycles. The standard InChI is InChI=1S/C13H20ClNOS/c1-6-13(4,5)15-17(16)11-8-7-9(2)12(14)10(11)3/h7-8,15H,6H2,1-5H3. The van der Waals surface area contributed by atoms with Crippen LogP contribution >= 0.6 is 11.6 Å². The molecule has 0 aromatic heterocycles. The molecule has 1 unspecified atom stereocenters. The van der Waals surface area contributed by atoms with Gasteiger partial charge >= 0.3 is 0 Å². The van der Waals surface area contributed by atoms with Crippen LogP contribution in [0, 0.1) is 13.8 Å². The van der Waals surface area contributed by atoms with Gasteiger partial charge in [0.25, 0.3) is 0 Å². The summed E-state index contributed by atoms with van der Waals surface area (Å²) < 4.78 is 15.4. The third kappa shape index (κ3) is 3.54. The van der Waals surface area contributed by atoms with Crippen LogP contribution in [0.5, 0.6) is 0 Å². The van der Waals surface area contributed by atoms with E-state index in [1.54, 1.807) is 0 Å². The highest BCUT2D eigenvalue weighted by atomic mass is 35.5. The van der Waals surface area contributed by atoms with Gasteiger partial charge in [-0.25, -0.2) is 8.93 Å². The SMILES string of the molecule is CCC(C)(C)NS(=O)c1ccc(C)c(Cl)c1C. The molecule has 0 saturated heterocycles. The van der Waals surface area contributed by atoms with Gasteiger partial charge < -0.3 is 0 Å². The van der Waals surface area contributed by atoms with Gasteiger partial charge in [0.2, 0.25) is 0 Å². The van der Waals surface area contributed by atoms with E-state index in [2.05, 4.69) is 11.6 Å². The molecule has 0 spiro atoms. The fraction of sp³-hybridized carbons (Fsp3) is 0.538. The number of benzene rings is 1. The molecule has 0 bridgehead atoms. The van der Waals surface area contributed by atoms with E-state index in [4.69, 9.17) is 11.6 Å². The maximum absolute atomic E-state index is 12.2. The molecule has 0 radical (unpaired) electrons. The van der Waals surface area contributed by atoms with E-state index in [1.807, 2.05) is 39.8 Å². The maximum Gasteiger partial charge on any atom is 0.125 e. The van der Waals surface area contributed by atoms with Crippen molar-refractivity contribution >= 4 is 22.6 Å². The molecule has 4 heteroatoms. The van der Waals surface area contributed by atoms with Crippen LogP contribution in [0.4, 0.5) is 0 Å². The van der Waals surface area contributed by atoms with Crippen LogP contribution in [0.25, 0.3) is 0 Å². The summed E-state index contributed by atoms with van der Waals surface area (Å²) in [6.07, 6.45) is 0.914. The van der Waals surface area contributed by atoms with Crippen LogP contribution in [-0.4, -0.2) is 9.75 Å². The van der Waals surface area contributed by atoms with E-state index in [9.17, 15) is 4.21 Å². The Morgan fingerprint density at radius 3 is 2.47 bits per heavy atom. The van der Waals surface area contributed by atoms with Gasteiger partial charge in [0.1, 0.15) is 11.0 Å². The van der Waals surface area contributed by atoms with Crippen molar-refractivity contribution in [2.24, 2.45) is 0 Å². The summed E-state index contributed by atoms with van der Waals surface area (Å²) in [5.74, 6) is 0. The fourth-order valence-electron chi connectivity index (χ4n) is 1.38. The van der Waals surface area contributed by atoms with Crippen LogP contribution in [0.2, 0.25) is 5.02 Å². The lowest BCUT2D eigenvalue weighted by molar-refractivity contribution is 0.455. The average molecular weight is 274 g/mol. The van der Waals surface area contributed by atoms with E-state index < -0.39 is 11.0 Å². The summed E-state index contributed by atoms with van der Waals surface area (Å²) in [7, 11) is -1.22. The summed E-state index contributed by atoms with van der Waals surface area (Å²) in [6, 6.07) is 3.79. The van der Waals surface area contributed by atoms with Crippen LogP contribution < -0.4 is 4.72 Å². The van der Waals surface area contributed by atoms with Gasteiger partial charge in [-0.05, 0) is 51.3 Å². The highest BCUT2D eigenvalue weighted by molar-refractivity contribution is 7.83. The van der Waals surface area contributed by atoms with Gasteiger partial charge in [0.15, 0.2) is 0 Å². The third-order valence-corrected chi connectivity index (χ3v) is 5.14. The zero-order chi connectivity index (χ0) is 13.2. The molecule has 0 aliphatic rings. The molecular formula is C13H20ClNOS. The molecule has 17 heavy (non-hydrogen) atoms. The molecule has 1 N–H and O–H groups in total. The normalized spacial score (nSPS) is 13.8. The lowest BCUT2D eigenvalue weighted by Gasteiger charge is -2.24. The number of hydrogen-bond acceptors (Lipinski definition) is 1. The van der Waals surface area contributed by atoms with Gasteiger partial charge in [-0.1, -0.05) is 24.6 Å². The molecule has 0 saturated carbocycles. The first-order valence-corrected chi connectivity index (χ1v) is 7.26. The number of rotatable bonds is 4. The third-order valence-electron chi connectivity index (χ3n) is 2.98. The van der Waals surface area contributed by atoms with Gasteiger partial charge in [-0.2, -0.15) is 0 Å². The van der Waals surface area contributed by atoms with Gasteiger partial charge in [-0.15, -0.1) is 0 Å². The summed E-state index contributed by atoms with van der Waals surface area (Å²) in [6.45, 7) is 10.00. The van der Waals surface area contributed by atoms with Crippen molar-refractivity contribution in [3.63, 3.8) is 0 Å². The van der Waals surface area contributed by atoms with E-state index in [-0.39, 0.29) is 5.54 Å². The zero-order valence-electron chi connectivity index (χ0n) is 11.1. The molecule has 0 heterocycles. The van der Waals surface area contributed by atoms with Crippen LogP contribution in [0.1, 0.15) is 38.3 Å². The van der Waals surface area contributed by atoms with Gasteiger partial charge in [0.05, 0.1) is 4.90 Å². The van der Waals surface area contributed by atoms with E-state index in [0.29, 0.717) is 5.02 Å². The van der Waals surface area contributed by atoms with Crippen LogP contribution in [0.15, 0.2) is 17.0 Å². The molecule has 1 aromatic rings. The quantitative estimate of drug-likeness (QED) is 0.889. The minimum atomic E-state index is -1.22. The van der Waals surface area contributed by atoms with Crippen LogP contribution in [0.3, 0.4) is 0 Å². The second kappa shape index (κ2) is 5.51. The molecule has 1 rings (SSSR count). The fourth-order valence-corrected chi connectivity index (χ4v) is 2.93. The largest absolute Gasteiger partial charge is 0.237 e. The molecule has 96 valence electrons. The Bertz CT molecular complexity index is 443. The number of hydrogen-bond donors (Lipinski definition) is 1. The molecular weight excluding hydrogens is 254 g/mol. The van der Waals surface area contributed by atoms with Crippen molar-refractivity contribution in [3.8, 4) is 0 Å². The summed E-state index contributed by atoms with van der Waals surface area (Å²) in [4.78, 5) is 0.766. The average Bonchev–Trinajstić information content (AvgIpc) is 2.25. The second-order valence-electron chi connectivity index (χ2n) is 4.93. The minimum Gasteiger partial charge on any atom is -0.237 e. The van der Waals surface area contributed by atoms with Gasteiger partial charge in [-0.3, -0.25) is 0 Å². The van der Waals surface area contributed by atoms with Crippen molar-refractivity contribution in [3.05, 3.63) is 28.3 Å². The molecule has 0 amide bonds. The molecule has 0 aliphatic carbocycles. The Morgan fingerprint density at radius 2 is 1.94 bits per heavy atom. The maximum atomic E-state index is 12.2. The minimum absolute atomic E-state index is 0.144. The Kier molecular flexibility index (Phi) is 4.76. The highest BCUT2D eigenvalue weighted by Gasteiger charge is 2.20. The predicted molar refractivity (Wildman–Crippen MR) is 74.8 cm³/mol. The number of nitrogens with one attached hydrogen (secondary N) is 1. The highest BCUT2D eigenvalue weighted by Crippen LogP contribution is 2.25. The first kappa shape index (κ1) is 14.7. The van der Waals surface area contributed by atoms with Crippen molar-refractivity contribution in [2.75, 3.05) is 0 Å². The summed E-state index contributed by atoms with van der Waals surface area (Å²) in [5, 5.41) is 0.701. The smallest absolute Gasteiger partial charge is 0.125 e.